The van der Waals surface area contributed by atoms with E-state index in [1.165, 1.54) is 0 Å². The number of ether oxygens (including phenoxy) is 1. The van der Waals surface area contributed by atoms with Crippen molar-refractivity contribution in [2.75, 3.05) is 19.1 Å². The van der Waals surface area contributed by atoms with Gasteiger partial charge in [0.05, 0.1) is 19.1 Å². The monoisotopic (exact) mass is 426 g/mol. The fourth-order valence-electron chi connectivity index (χ4n) is 1.14. The van der Waals surface area contributed by atoms with Crippen molar-refractivity contribution in [2.45, 2.75) is 57.4 Å². The molecule has 0 amide bonds. The maximum atomic E-state index is 9.61. The van der Waals surface area contributed by atoms with Crippen LogP contribution in [-0.4, -0.2) is 82.1 Å². The first-order valence-electron chi connectivity index (χ1n) is 7.15. The highest BCUT2D eigenvalue weighted by atomic mass is 32.2. The summed E-state index contributed by atoms with van der Waals surface area (Å²) in [4.78, 5) is 0. The van der Waals surface area contributed by atoms with Gasteiger partial charge in [-0.25, -0.2) is 0 Å². The highest BCUT2D eigenvalue weighted by Gasteiger charge is 2.44. The Hall–Kier alpha value is -0.123. The molecule has 1 fully saturated rings. The predicted molar refractivity (Wildman–Crippen MR) is 95.0 cm³/mol. The zero-order valence-corrected chi connectivity index (χ0v) is 18.1. The minimum absolute atomic E-state index is 0.0730. The van der Waals surface area contributed by atoms with Crippen LogP contribution >= 0.6 is 0 Å². The Morgan fingerprint density at radius 1 is 1.00 bits per heavy atom. The van der Waals surface area contributed by atoms with E-state index in [9.17, 15) is 27.0 Å². The van der Waals surface area contributed by atoms with E-state index in [4.69, 9.17) is 18.3 Å². The molecular formula is C12H30O10S2Si. The smallest absolute Gasteiger partial charge is 0.261 e. The summed E-state index contributed by atoms with van der Waals surface area (Å²) in [6.45, 7) is 10.7. The van der Waals surface area contributed by atoms with E-state index in [1.54, 1.807) is 0 Å². The van der Waals surface area contributed by atoms with Crippen LogP contribution in [0.1, 0.15) is 20.8 Å². The van der Waals surface area contributed by atoms with Gasteiger partial charge < -0.3 is 19.4 Å². The van der Waals surface area contributed by atoms with Crippen molar-refractivity contribution in [1.82, 2.24) is 0 Å². The second-order valence-electron chi connectivity index (χ2n) is 7.10. The minimum Gasteiger partial charge on any atom is -0.390 e. The van der Waals surface area contributed by atoms with Crippen LogP contribution < -0.4 is 0 Å². The molecule has 1 saturated heterocycles. The summed E-state index contributed by atoms with van der Waals surface area (Å²) in [6.07, 6.45) is -0.972. The van der Waals surface area contributed by atoms with Crippen molar-refractivity contribution in [2.24, 2.45) is 0 Å². The number of aliphatic hydroxyl groups excluding tert-OH is 2. The highest BCUT2D eigenvalue weighted by Crippen LogP contribution is 2.38. The molecule has 1 aliphatic heterocycles. The standard InChI is InChI=1S/C10H22O4Si.2CH4O3S/c1-10(2,3)15(4,5)14-9-8(12)7(11)6-13-9;2*1-5(2,3)4/h7-9,11-12H,6H2,1-5H3;2*1H3,(H,2,3,4). The highest BCUT2D eigenvalue weighted by molar-refractivity contribution is 7.85. The van der Waals surface area contributed by atoms with Gasteiger partial charge in [0.1, 0.15) is 12.2 Å². The summed E-state index contributed by atoms with van der Waals surface area (Å²) >= 11 is 0. The summed E-state index contributed by atoms with van der Waals surface area (Å²) in [7, 11) is -9.27. The molecule has 1 rings (SSSR count). The van der Waals surface area contributed by atoms with Crippen molar-refractivity contribution >= 4 is 28.6 Å². The van der Waals surface area contributed by atoms with Crippen LogP contribution in [0.5, 0.6) is 0 Å². The van der Waals surface area contributed by atoms with E-state index in [2.05, 4.69) is 33.9 Å². The van der Waals surface area contributed by atoms with Gasteiger partial charge in [0.2, 0.25) is 0 Å². The molecule has 3 unspecified atom stereocenters. The van der Waals surface area contributed by atoms with E-state index >= 15 is 0 Å². The van der Waals surface area contributed by atoms with Crippen molar-refractivity contribution in [3.05, 3.63) is 0 Å². The third-order valence-electron chi connectivity index (χ3n) is 3.32. The topological polar surface area (TPSA) is 168 Å². The molecule has 0 radical (unpaired) electrons. The fraction of sp³-hybridized carbons (Fsp3) is 1.00. The Kier molecular flexibility index (Phi) is 10.5. The molecule has 0 aromatic rings. The van der Waals surface area contributed by atoms with Gasteiger partial charge in [-0.15, -0.1) is 0 Å². The normalized spacial score (nSPS) is 24.7. The quantitative estimate of drug-likeness (QED) is 0.351. The van der Waals surface area contributed by atoms with Crippen LogP contribution in [0.15, 0.2) is 0 Å². The second-order valence-corrected chi connectivity index (χ2v) is 14.8. The van der Waals surface area contributed by atoms with Gasteiger partial charge in [0, 0.05) is 0 Å². The van der Waals surface area contributed by atoms with Crippen LogP contribution in [-0.2, 0) is 29.4 Å². The van der Waals surface area contributed by atoms with E-state index < -0.39 is 47.1 Å². The van der Waals surface area contributed by atoms with E-state index in [1.807, 2.05) is 0 Å². The SMILES string of the molecule is CC(C)(C)[Si](C)(C)OC1OCC(O)C1O.CS(=O)(=O)O.CS(=O)(=O)O. The molecule has 1 aliphatic rings. The second kappa shape index (κ2) is 9.71. The van der Waals surface area contributed by atoms with Gasteiger partial charge in [-0.2, -0.15) is 16.8 Å². The molecule has 3 atom stereocenters. The summed E-state index contributed by atoms with van der Waals surface area (Å²) in [5, 5.41) is 19.0. The van der Waals surface area contributed by atoms with Gasteiger partial charge in [-0.1, -0.05) is 20.8 Å². The predicted octanol–water partition coefficient (Wildman–Crippen LogP) is 0.0943. The van der Waals surface area contributed by atoms with Crippen LogP contribution in [0.2, 0.25) is 18.1 Å². The molecule has 4 N–H and O–H groups in total. The van der Waals surface area contributed by atoms with Gasteiger partial charge in [0.15, 0.2) is 14.6 Å². The number of rotatable bonds is 2. The average Bonchev–Trinajstić information content (AvgIpc) is 2.54. The molecule has 25 heavy (non-hydrogen) atoms. The molecule has 10 nitrogen and oxygen atoms in total. The van der Waals surface area contributed by atoms with Gasteiger partial charge in [-0.3, -0.25) is 9.11 Å². The minimum atomic E-state index is -3.67. The average molecular weight is 427 g/mol. The first kappa shape index (κ1) is 27.1. The first-order valence-corrected chi connectivity index (χ1v) is 13.8. The summed E-state index contributed by atoms with van der Waals surface area (Å²) < 4.78 is 62.8. The first-order chi connectivity index (χ1) is 10.6. The summed E-state index contributed by atoms with van der Waals surface area (Å²) in [6, 6.07) is 0. The number of hydrogen-bond acceptors (Lipinski definition) is 8. The summed E-state index contributed by atoms with van der Waals surface area (Å²) in [5.74, 6) is 0. The van der Waals surface area contributed by atoms with E-state index in [0.717, 1.165) is 0 Å². The van der Waals surface area contributed by atoms with Crippen LogP contribution in [0, 0.1) is 0 Å². The largest absolute Gasteiger partial charge is 0.390 e. The molecule has 0 aromatic heterocycles. The fourth-order valence-corrected chi connectivity index (χ4v) is 2.28. The lowest BCUT2D eigenvalue weighted by Crippen LogP contribution is -2.47. The lowest BCUT2D eigenvalue weighted by atomic mass is 10.2. The molecular weight excluding hydrogens is 396 g/mol. The number of hydrogen-bond donors (Lipinski definition) is 4. The molecule has 0 bridgehead atoms. The van der Waals surface area contributed by atoms with Gasteiger partial charge >= 0.3 is 0 Å². The molecule has 0 saturated carbocycles. The van der Waals surface area contributed by atoms with E-state index in [-0.39, 0.29) is 11.6 Å². The van der Waals surface area contributed by atoms with Crippen molar-refractivity contribution in [3.63, 3.8) is 0 Å². The number of aliphatic hydroxyl groups is 2. The Balaban J connectivity index is 0. The van der Waals surface area contributed by atoms with Crippen LogP contribution in [0.3, 0.4) is 0 Å². The Bertz CT molecular complexity index is 548. The molecule has 154 valence electrons. The lowest BCUT2D eigenvalue weighted by molar-refractivity contribution is -0.101. The third kappa shape index (κ3) is 15.8. The maximum absolute atomic E-state index is 9.61. The van der Waals surface area contributed by atoms with Crippen LogP contribution in [0.25, 0.3) is 0 Å². The van der Waals surface area contributed by atoms with Crippen LogP contribution in [0.4, 0.5) is 0 Å². The molecule has 1 heterocycles. The molecule has 0 aromatic carbocycles. The van der Waals surface area contributed by atoms with Crippen molar-refractivity contribution < 1.29 is 45.3 Å². The third-order valence-corrected chi connectivity index (χ3v) is 7.76. The lowest BCUT2D eigenvalue weighted by Gasteiger charge is -2.38. The zero-order chi connectivity index (χ0) is 20.9. The summed E-state index contributed by atoms with van der Waals surface area (Å²) in [5.41, 5.74) is 0. The van der Waals surface area contributed by atoms with Crippen molar-refractivity contribution in [3.8, 4) is 0 Å². The Morgan fingerprint density at radius 2 is 1.32 bits per heavy atom. The Labute approximate surface area is 150 Å². The molecule has 0 spiro atoms. The molecule has 13 heteroatoms. The van der Waals surface area contributed by atoms with Gasteiger partial charge in [0.25, 0.3) is 20.2 Å². The zero-order valence-electron chi connectivity index (χ0n) is 15.5. The molecule has 0 aliphatic carbocycles. The van der Waals surface area contributed by atoms with Crippen molar-refractivity contribution in [1.29, 1.82) is 0 Å². The van der Waals surface area contributed by atoms with Gasteiger partial charge in [-0.05, 0) is 18.1 Å². The van der Waals surface area contributed by atoms with E-state index in [0.29, 0.717) is 12.5 Å². The maximum Gasteiger partial charge on any atom is 0.261 e. The Morgan fingerprint density at radius 3 is 1.52 bits per heavy atom.